The van der Waals surface area contributed by atoms with Gasteiger partial charge in [0.1, 0.15) is 10.7 Å². The summed E-state index contributed by atoms with van der Waals surface area (Å²) in [5, 5.41) is 5.87. The summed E-state index contributed by atoms with van der Waals surface area (Å²) in [4.78, 5) is 2.59. The highest BCUT2D eigenvalue weighted by Crippen LogP contribution is 2.44. The molecule has 1 aromatic heterocycles. The summed E-state index contributed by atoms with van der Waals surface area (Å²) in [5.41, 5.74) is 3.38. The molecule has 0 radical (unpaired) electrons. The van der Waals surface area contributed by atoms with Gasteiger partial charge in [0, 0.05) is 38.1 Å². The molecule has 1 aliphatic carbocycles. The average molecular weight is 541 g/mol. The standard InChI is InChI=1S/C28H37FN6O2S/c1-3-6-22-18-25(11-12-27(22)35(30)24-9-7-23(29)8-10-24)32-16-17-34(28(21-32)13-5-14-28)38(36,37)26-19-31-33(20-26)15-4-2/h7-12,18-20H,3-6,13-17,21,30H2,1-2H3. The minimum atomic E-state index is -3.63. The lowest BCUT2D eigenvalue weighted by atomic mass is 9.75. The maximum atomic E-state index is 13.7. The van der Waals surface area contributed by atoms with Crippen LogP contribution in [0.5, 0.6) is 0 Å². The second-order valence-corrected chi connectivity index (χ2v) is 12.3. The molecule has 2 aromatic carbocycles. The summed E-state index contributed by atoms with van der Waals surface area (Å²) < 4.78 is 44.2. The Morgan fingerprint density at radius 3 is 2.50 bits per heavy atom. The SMILES string of the molecule is CCCc1cc(N2CCN(S(=O)(=O)c3cnn(CCC)c3)C3(CCC3)C2)ccc1N(N)c1ccc(F)cc1. The lowest BCUT2D eigenvalue weighted by Crippen LogP contribution is -2.67. The van der Waals surface area contributed by atoms with E-state index in [0.29, 0.717) is 31.9 Å². The molecule has 0 amide bonds. The Kier molecular flexibility index (Phi) is 7.48. The van der Waals surface area contributed by atoms with Gasteiger partial charge in [0.15, 0.2) is 0 Å². The van der Waals surface area contributed by atoms with Crippen LogP contribution in [0, 0.1) is 5.82 Å². The van der Waals surface area contributed by atoms with Crippen LogP contribution in [0.25, 0.3) is 0 Å². The Bertz CT molecular complexity index is 1370. The number of anilines is 3. The zero-order valence-corrected chi connectivity index (χ0v) is 23.0. The minimum absolute atomic E-state index is 0.282. The van der Waals surface area contributed by atoms with Crippen molar-refractivity contribution in [3.63, 3.8) is 0 Å². The van der Waals surface area contributed by atoms with Crippen molar-refractivity contribution in [2.24, 2.45) is 5.84 Å². The fourth-order valence-electron chi connectivity index (χ4n) is 5.72. The fourth-order valence-corrected chi connectivity index (χ4v) is 7.48. The number of nitrogens with two attached hydrogens (primary N) is 1. The highest BCUT2D eigenvalue weighted by atomic mass is 32.2. The Labute approximate surface area is 224 Å². The van der Waals surface area contributed by atoms with Crippen molar-refractivity contribution in [3.8, 4) is 0 Å². The molecule has 2 heterocycles. The van der Waals surface area contributed by atoms with Crippen molar-refractivity contribution >= 4 is 27.1 Å². The first-order chi connectivity index (χ1) is 18.3. The molecule has 2 N–H and O–H groups in total. The van der Waals surface area contributed by atoms with E-state index in [1.807, 2.05) is 13.0 Å². The fraction of sp³-hybridized carbons (Fsp3) is 0.464. The molecule has 1 saturated heterocycles. The highest BCUT2D eigenvalue weighted by Gasteiger charge is 2.51. The number of aromatic nitrogens is 2. The first-order valence-corrected chi connectivity index (χ1v) is 14.9. The zero-order chi connectivity index (χ0) is 26.9. The zero-order valence-electron chi connectivity index (χ0n) is 22.2. The van der Waals surface area contributed by atoms with Gasteiger partial charge in [0.2, 0.25) is 10.0 Å². The molecular weight excluding hydrogens is 503 g/mol. The van der Waals surface area contributed by atoms with Crippen molar-refractivity contribution in [1.29, 1.82) is 0 Å². The molecule has 5 rings (SSSR count). The third-order valence-corrected chi connectivity index (χ3v) is 9.79. The quantitative estimate of drug-likeness (QED) is 0.309. The summed E-state index contributed by atoms with van der Waals surface area (Å²) in [5.74, 6) is 6.16. The van der Waals surface area contributed by atoms with Gasteiger partial charge in [-0.3, -0.25) is 9.69 Å². The van der Waals surface area contributed by atoms with Crippen LogP contribution < -0.4 is 15.8 Å². The summed E-state index contributed by atoms with van der Waals surface area (Å²) in [6.07, 6.45) is 8.57. The molecule has 10 heteroatoms. The molecule has 0 unspecified atom stereocenters. The monoisotopic (exact) mass is 540 g/mol. The molecular formula is C28H37FN6O2S. The first kappa shape index (κ1) is 26.6. The molecule has 8 nitrogen and oxygen atoms in total. The Morgan fingerprint density at radius 1 is 1.08 bits per heavy atom. The highest BCUT2D eigenvalue weighted by molar-refractivity contribution is 7.89. The van der Waals surface area contributed by atoms with Gasteiger partial charge in [0.05, 0.1) is 23.1 Å². The number of sulfonamides is 1. The van der Waals surface area contributed by atoms with E-state index in [-0.39, 0.29) is 10.7 Å². The van der Waals surface area contributed by atoms with Gasteiger partial charge < -0.3 is 4.90 Å². The number of piperazine rings is 1. The lowest BCUT2D eigenvalue weighted by molar-refractivity contribution is 0.0767. The number of halogens is 1. The van der Waals surface area contributed by atoms with Crippen LogP contribution in [0.3, 0.4) is 0 Å². The molecule has 0 atom stereocenters. The third-order valence-electron chi connectivity index (χ3n) is 7.83. The molecule has 1 saturated carbocycles. The molecule has 0 bridgehead atoms. The molecule has 2 fully saturated rings. The van der Waals surface area contributed by atoms with Crippen molar-refractivity contribution in [3.05, 3.63) is 66.2 Å². The lowest BCUT2D eigenvalue weighted by Gasteiger charge is -2.55. The topological polar surface area (TPSA) is 87.7 Å². The number of hydrogen-bond acceptors (Lipinski definition) is 6. The van der Waals surface area contributed by atoms with Gasteiger partial charge in [0.25, 0.3) is 0 Å². The van der Waals surface area contributed by atoms with E-state index in [2.05, 4.69) is 29.1 Å². The average Bonchev–Trinajstić information content (AvgIpc) is 3.37. The predicted molar refractivity (Wildman–Crippen MR) is 148 cm³/mol. The summed E-state index contributed by atoms with van der Waals surface area (Å²) in [6.45, 7) is 6.58. The summed E-state index contributed by atoms with van der Waals surface area (Å²) in [6, 6.07) is 12.4. The van der Waals surface area contributed by atoms with Crippen molar-refractivity contribution in [2.45, 2.75) is 69.4 Å². The molecule has 2 aliphatic rings. The van der Waals surface area contributed by atoms with Crippen molar-refractivity contribution in [2.75, 3.05) is 29.5 Å². The smallest absolute Gasteiger partial charge is 0.246 e. The van der Waals surface area contributed by atoms with Gasteiger partial charge >= 0.3 is 0 Å². The molecule has 38 heavy (non-hydrogen) atoms. The van der Waals surface area contributed by atoms with Gasteiger partial charge in [-0.05, 0) is 80.1 Å². The number of hydrogen-bond donors (Lipinski definition) is 1. The van der Waals surface area contributed by atoms with Gasteiger partial charge in [-0.15, -0.1) is 0 Å². The van der Waals surface area contributed by atoms with Gasteiger partial charge in [-0.2, -0.15) is 9.40 Å². The summed E-state index contributed by atoms with van der Waals surface area (Å²) in [7, 11) is -3.63. The Hall–Kier alpha value is -2.95. The molecule has 1 spiro atoms. The number of nitrogens with zero attached hydrogens (tertiary/aromatic N) is 5. The van der Waals surface area contributed by atoms with E-state index >= 15 is 0 Å². The van der Waals surface area contributed by atoms with E-state index in [4.69, 9.17) is 5.84 Å². The normalized spacial score (nSPS) is 17.5. The Balaban J connectivity index is 1.39. The molecule has 1 aliphatic heterocycles. The van der Waals surface area contributed by atoms with Gasteiger partial charge in [-0.25, -0.2) is 18.7 Å². The number of benzene rings is 2. The van der Waals surface area contributed by atoms with Crippen LogP contribution in [0.2, 0.25) is 0 Å². The largest absolute Gasteiger partial charge is 0.368 e. The number of hydrazine groups is 1. The van der Waals surface area contributed by atoms with Crippen LogP contribution in [-0.4, -0.2) is 47.7 Å². The van der Waals surface area contributed by atoms with E-state index in [1.54, 1.807) is 32.3 Å². The van der Waals surface area contributed by atoms with Crippen LogP contribution >= 0.6 is 0 Å². The van der Waals surface area contributed by atoms with Crippen LogP contribution in [0.15, 0.2) is 59.8 Å². The number of rotatable bonds is 9. The maximum absolute atomic E-state index is 13.7. The van der Waals surface area contributed by atoms with E-state index in [1.165, 1.54) is 18.3 Å². The first-order valence-electron chi connectivity index (χ1n) is 13.5. The van der Waals surface area contributed by atoms with Crippen LogP contribution in [-0.2, 0) is 23.0 Å². The Morgan fingerprint density at radius 2 is 1.84 bits per heavy atom. The second-order valence-electron chi connectivity index (χ2n) is 10.4. The number of aryl methyl sites for hydroxylation is 2. The van der Waals surface area contributed by atoms with Gasteiger partial charge in [-0.1, -0.05) is 20.3 Å². The van der Waals surface area contributed by atoms with E-state index in [9.17, 15) is 12.8 Å². The van der Waals surface area contributed by atoms with E-state index in [0.717, 1.165) is 55.5 Å². The third kappa shape index (κ3) is 4.92. The second kappa shape index (κ2) is 10.7. The predicted octanol–water partition coefficient (Wildman–Crippen LogP) is 4.83. The van der Waals surface area contributed by atoms with E-state index < -0.39 is 15.6 Å². The van der Waals surface area contributed by atoms with Crippen molar-refractivity contribution in [1.82, 2.24) is 14.1 Å². The van der Waals surface area contributed by atoms with Crippen molar-refractivity contribution < 1.29 is 12.8 Å². The van der Waals surface area contributed by atoms with Crippen LogP contribution in [0.1, 0.15) is 51.5 Å². The minimum Gasteiger partial charge on any atom is -0.368 e. The van der Waals surface area contributed by atoms with Crippen LogP contribution in [0.4, 0.5) is 21.5 Å². The maximum Gasteiger partial charge on any atom is 0.246 e. The molecule has 3 aromatic rings. The summed E-state index contributed by atoms with van der Waals surface area (Å²) >= 11 is 0. The molecule has 204 valence electrons.